The Bertz CT molecular complexity index is 649. The zero-order chi connectivity index (χ0) is 15.9. The van der Waals surface area contributed by atoms with Gasteiger partial charge >= 0.3 is 5.97 Å². The summed E-state index contributed by atoms with van der Waals surface area (Å²) >= 11 is 0. The first kappa shape index (κ1) is 16.0. The molecule has 1 aliphatic rings. The highest BCUT2D eigenvalue weighted by molar-refractivity contribution is 6.05. The highest BCUT2D eigenvalue weighted by atomic mass is 16.5. The summed E-state index contributed by atoms with van der Waals surface area (Å²) in [5.74, 6) is -0.242. The van der Waals surface area contributed by atoms with E-state index in [0.717, 1.165) is 11.1 Å². The van der Waals surface area contributed by atoms with Crippen molar-refractivity contribution < 1.29 is 14.3 Å². The Labute approximate surface area is 131 Å². The van der Waals surface area contributed by atoms with Gasteiger partial charge in [-0.25, -0.2) is 4.79 Å². The van der Waals surface area contributed by atoms with Gasteiger partial charge in [-0.2, -0.15) is 0 Å². The van der Waals surface area contributed by atoms with Crippen molar-refractivity contribution in [2.45, 2.75) is 26.7 Å². The van der Waals surface area contributed by atoms with Crippen molar-refractivity contribution >= 4 is 17.8 Å². The molecule has 1 aromatic rings. The molecule has 3 heteroatoms. The van der Waals surface area contributed by atoms with Crippen molar-refractivity contribution in [3.8, 4) is 0 Å². The molecule has 0 atom stereocenters. The summed E-state index contributed by atoms with van der Waals surface area (Å²) in [5, 5.41) is 0. The molecule has 1 aliphatic carbocycles. The average molecular weight is 296 g/mol. The van der Waals surface area contributed by atoms with Crippen LogP contribution in [0.1, 0.15) is 32.3 Å². The maximum absolute atomic E-state index is 12.1. The van der Waals surface area contributed by atoms with Crippen LogP contribution < -0.4 is 0 Å². The van der Waals surface area contributed by atoms with E-state index in [9.17, 15) is 9.59 Å². The van der Waals surface area contributed by atoms with Gasteiger partial charge in [-0.3, -0.25) is 4.79 Å². The summed E-state index contributed by atoms with van der Waals surface area (Å²) in [6, 6.07) is 9.86. The van der Waals surface area contributed by atoms with E-state index >= 15 is 0 Å². The van der Waals surface area contributed by atoms with Gasteiger partial charge in [-0.15, -0.1) is 0 Å². The van der Waals surface area contributed by atoms with Crippen LogP contribution in [0.2, 0.25) is 0 Å². The van der Waals surface area contributed by atoms with Crippen molar-refractivity contribution in [3.05, 3.63) is 64.8 Å². The lowest BCUT2D eigenvalue weighted by Crippen LogP contribution is -2.18. The third-order valence-corrected chi connectivity index (χ3v) is 3.63. The van der Waals surface area contributed by atoms with Crippen LogP contribution in [0.3, 0.4) is 0 Å². The zero-order valence-electron chi connectivity index (χ0n) is 13.0. The van der Waals surface area contributed by atoms with E-state index in [4.69, 9.17) is 4.74 Å². The largest absolute Gasteiger partial charge is 0.463 e. The number of ketones is 1. The van der Waals surface area contributed by atoms with Crippen molar-refractivity contribution in [1.82, 2.24) is 0 Å². The Morgan fingerprint density at radius 3 is 2.64 bits per heavy atom. The van der Waals surface area contributed by atoms with Crippen molar-refractivity contribution in [3.63, 3.8) is 0 Å². The summed E-state index contributed by atoms with van der Waals surface area (Å²) in [5.41, 5.74) is 3.00. The van der Waals surface area contributed by atoms with Crippen LogP contribution in [0.5, 0.6) is 0 Å². The van der Waals surface area contributed by atoms with Crippen molar-refractivity contribution in [1.29, 1.82) is 0 Å². The van der Waals surface area contributed by atoms with E-state index < -0.39 is 0 Å². The van der Waals surface area contributed by atoms with Gasteiger partial charge in [0.25, 0.3) is 0 Å². The van der Waals surface area contributed by atoms with Gasteiger partial charge in [0.2, 0.25) is 0 Å². The molecule has 0 N–H and O–H groups in total. The number of Topliss-reactive ketones (excluding diaryl/α,β-unsaturated/α-hetero) is 1. The van der Waals surface area contributed by atoms with Gasteiger partial charge < -0.3 is 4.74 Å². The minimum Gasteiger partial charge on any atom is -0.463 e. The topological polar surface area (TPSA) is 43.4 Å². The predicted octanol–water partition coefficient (Wildman–Crippen LogP) is 3.87. The van der Waals surface area contributed by atoms with Crippen LogP contribution in [0.25, 0.3) is 6.08 Å². The van der Waals surface area contributed by atoms with Gasteiger partial charge in [0, 0.05) is 17.6 Å². The number of allylic oxidation sites excluding steroid dienone is 4. The molecule has 3 nitrogen and oxygen atoms in total. The fraction of sp³-hybridized carbons (Fsp3) is 0.263. The fourth-order valence-electron chi connectivity index (χ4n) is 2.44. The predicted molar refractivity (Wildman–Crippen MR) is 87.1 cm³/mol. The molecular weight excluding hydrogens is 276 g/mol. The smallest absolute Gasteiger partial charge is 0.334 e. The second-order valence-corrected chi connectivity index (χ2v) is 5.10. The van der Waals surface area contributed by atoms with E-state index in [1.54, 1.807) is 13.0 Å². The molecule has 0 amide bonds. The molecule has 2 rings (SSSR count). The third kappa shape index (κ3) is 3.82. The molecule has 114 valence electrons. The average Bonchev–Trinajstić information content (AvgIpc) is 2.52. The van der Waals surface area contributed by atoms with E-state index in [-0.39, 0.29) is 11.8 Å². The van der Waals surface area contributed by atoms with Gasteiger partial charge in [-0.05, 0) is 31.4 Å². The molecule has 0 fully saturated rings. The normalized spacial score (nSPS) is 17.4. The maximum atomic E-state index is 12.1. The monoisotopic (exact) mass is 296 g/mol. The first-order chi connectivity index (χ1) is 10.6. The summed E-state index contributed by atoms with van der Waals surface area (Å²) in [6.45, 7) is 3.93. The Hall–Kier alpha value is -2.42. The number of esters is 1. The molecule has 22 heavy (non-hydrogen) atoms. The lowest BCUT2D eigenvalue weighted by molar-refractivity contribution is -0.138. The van der Waals surface area contributed by atoms with Crippen LogP contribution >= 0.6 is 0 Å². The quantitative estimate of drug-likeness (QED) is 0.626. The number of benzene rings is 1. The van der Waals surface area contributed by atoms with E-state index in [0.29, 0.717) is 30.6 Å². The van der Waals surface area contributed by atoms with Gasteiger partial charge in [0.15, 0.2) is 5.78 Å². The van der Waals surface area contributed by atoms with Crippen molar-refractivity contribution in [2.75, 3.05) is 6.61 Å². The van der Waals surface area contributed by atoms with Crippen LogP contribution in [0.4, 0.5) is 0 Å². The maximum Gasteiger partial charge on any atom is 0.334 e. The summed E-state index contributed by atoms with van der Waals surface area (Å²) < 4.78 is 5.06. The number of hydrogen-bond donors (Lipinski definition) is 0. The second kappa shape index (κ2) is 7.55. The van der Waals surface area contributed by atoms with Crippen molar-refractivity contribution in [2.24, 2.45) is 0 Å². The fourth-order valence-corrected chi connectivity index (χ4v) is 2.44. The third-order valence-electron chi connectivity index (χ3n) is 3.63. The Kier molecular flexibility index (Phi) is 5.48. The second-order valence-electron chi connectivity index (χ2n) is 5.10. The zero-order valence-corrected chi connectivity index (χ0v) is 13.0. The summed E-state index contributed by atoms with van der Waals surface area (Å²) in [7, 11) is 0. The minimum atomic E-state index is -0.314. The Morgan fingerprint density at radius 2 is 1.95 bits per heavy atom. The molecule has 0 saturated heterocycles. The lowest BCUT2D eigenvalue weighted by Gasteiger charge is -2.18. The molecule has 0 radical (unpaired) electrons. The summed E-state index contributed by atoms with van der Waals surface area (Å²) in [6.07, 6.45) is 6.38. The SMILES string of the molecule is CCOC(=O)C1=C(C)/C(=C/C=C/c2ccccc2)C(=O)CC1. The van der Waals surface area contributed by atoms with E-state index in [1.165, 1.54) is 0 Å². The first-order valence-electron chi connectivity index (χ1n) is 7.47. The molecule has 0 aliphatic heterocycles. The molecule has 0 bridgehead atoms. The highest BCUT2D eigenvalue weighted by Gasteiger charge is 2.25. The molecule has 1 aromatic carbocycles. The summed E-state index contributed by atoms with van der Waals surface area (Å²) in [4.78, 5) is 24.0. The standard InChI is InChI=1S/C19H20O3/c1-3-22-19(21)17-12-13-18(20)16(14(17)2)11-7-10-15-8-5-4-6-9-15/h4-11H,3,12-13H2,1-2H3/b10-7+,16-11-. The number of hydrogen-bond acceptors (Lipinski definition) is 3. The van der Waals surface area contributed by atoms with Crippen LogP contribution in [-0.2, 0) is 14.3 Å². The van der Waals surface area contributed by atoms with Crippen LogP contribution in [0, 0.1) is 0 Å². The van der Waals surface area contributed by atoms with Gasteiger partial charge in [-0.1, -0.05) is 48.6 Å². The van der Waals surface area contributed by atoms with Gasteiger partial charge in [0.05, 0.1) is 6.61 Å². The molecule has 0 spiro atoms. The Balaban J connectivity index is 2.25. The number of ether oxygens (including phenoxy) is 1. The number of carbonyl (C=O) groups excluding carboxylic acids is 2. The minimum absolute atomic E-state index is 0.0725. The molecule has 0 heterocycles. The van der Waals surface area contributed by atoms with Crippen LogP contribution in [-0.4, -0.2) is 18.4 Å². The number of rotatable bonds is 4. The van der Waals surface area contributed by atoms with Crippen LogP contribution in [0.15, 0.2) is 59.2 Å². The number of carbonyl (C=O) groups is 2. The Morgan fingerprint density at radius 1 is 1.23 bits per heavy atom. The molecule has 0 saturated carbocycles. The first-order valence-corrected chi connectivity index (χ1v) is 7.47. The molecule has 0 aromatic heterocycles. The lowest BCUT2D eigenvalue weighted by atomic mass is 9.87. The van der Waals surface area contributed by atoms with E-state index in [2.05, 4.69) is 0 Å². The molecular formula is C19H20O3. The highest BCUT2D eigenvalue weighted by Crippen LogP contribution is 2.28. The van der Waals surface area contributed by atoms with E-state index in [1.807, 2.05) is 49.4 Å². The molecule has 0 unspecified atom stereocenters. The van der Waals surface area contributed by atoms with Gasteiger partial charge in [0.1, 0.15) is 0 Å².